The van der Waals surface area contributed by atoms with E-state index in [4.69, 9.17) is 9.47 Å². The molecule has 0 saturated heterocycles. The highest BCUT2D eigenvalue weighted by molar-refractivity contribution is 7.91. The van der Waals surface area contributed by atoms with Gasteiger partial charge >= 0.3 is 5.97 Å². The lowest BCUT2D eigenvalue weighted by atomic mass is 9.79. The van der Waals surface area contributed by atoms with Gasteiger partial charge in [0.25, 0.3) is 0 Å². The Morgan fingerprint density at radius 1 is 1.11 bits per heavy atom. The fourth-order valence-electron chi connectivity index (χ4n) is 2.69. The van der Waals surface area contributed by atoms with Gasteiger partial charge in [-0.1, -0.05) is 30.3 Å². The van der Waals surface area contributed by atoms with Gasteiger partial charge in [-0.15, -0.1) is 0 Å². The quantitative estimate of drug-likeness (QED) is 0.647. The molecular weight excluding hydrogens is 366 g/mol. The third kappa shape index (κ3) is 4.47. The van der Waals surface area contributed by atoms with Gasteiger partial charge in [-0.2, -0.15) is 5.26 Å². The molecular formula is C20H21NO5S. The molecule has 1 atom stereocenters. The molecule has 27 heavy (non-hydrogen) atoms. The van der Waals surface area contributed by atoms with E-state index < -0.39 is 21.2 Å². The van der Waals surface area contributed by atoms with Crippen molar-refractivity contribution in [3.05, 3.63) is 60.2 Å². The number of nitrogens with zero attached hydrogens (tertiary/aromatic N) is 1. The Hall–Kier alpha value is -2.85. The van der Waals surface area contributed by atoms with Crippen LogP contribution >= 0.6 is 0 Å². The summed E-state index contributed by atoms with van der Waals surface area (Å²) in [4.78, 5) is 12.8. The molecule has 0 aromatic heterocycles. The van der Waals surface area contributed by atoms with Crippen LogP contribution in [-0.2, 0) is 24.8 Å². The molecule has 2 aromatic carbocycles. The third-order valence-corrected chi connectivity index (χ3v) is 5.98. The summed E-state index contributed by atoms with van der Waals surface area (Å²) < 4.78 is 35.4. The molecule has 0 aliphatic heterocycles. The number of rotatable bonds is 8. The number of esters is 1. The molecule has 0 fully saturated rings. The van der Waals surface area contributed by atoms with Gasteiger partial charge in [0.15, 0.2) is 15.3 Å². The largest absolute Gasteiger partial charge is 0.497 e. The zero-order valence-electron chi connectivity index (χ0n) is 15.2. The molecule has 0 aliphatic rings. The minimum atomic E-state index is -3.66. The highest BCUT2D eigenvalue weighted by atomic mass is 32.2. The Bertz CT molecular complexity index is 917. The first-order chi connectivity index (χ1) is 12.9. The number of hydrogen-bond acceptors (Lipinski definition) is 6. The highest BCUT2D eigenvalue weighted by Gasteiger charge is 2.43. The molecule has 0 radical (unpaired) electrons. The normalized spacial score (nSPS) is 13.2. The Labute approximate surface area is 159 Å². The fraction of sp³-hybridized carbons (Fsp3) is 0.300. The summed E-state index contributed by atoms with van der Waals surface area (Å²) in [5, 5.41) is 9.84. The number of methoxy groups -OCH3 is 1. The monoisotopic (exact) mass is 387 g/mol. The molecule has 142 valence electrons. The molecule has 2 aromatic rings. The van der Waals surface area contributed by atoms with Gasteiger partial charge in [-0.3, -0.25) is 0 Å². The van der Waals surface area contributed by atoms with Crippen LogP contribution in [0.5, 0.6) is 5.75 Å². The number of benzene rings is 2. The highest BCUT2D eigenvalue weighted by Crippen LogP contribution is 2.32. The van der Waals surface area contributed by atoms with E-state index in [1.54, 1.807) is 49.4 Å². The minimum Gasteiger partial charge on any atom is -0.497 e. The SMILES string of the molecule is CCOC(=O)[C@@](C#N)(CCS(=O)(=O)c1ccccc1)c1ccc(OC)cc1. The molecule has 7 heteroatoms. The lowest BCUT2D eigenvalue weighted by Crippen LogP contribution is -2.38. The van der Waals surface area contributed by atoms with Crippen molar-refractivity contribution in [3.8, 4) is 11.8 Å². The van der Waals surface area contributed by atoms with Crippen LogP contribution in [0.2, 0.25) is 0 Å². The predicted molar refractivity (Wildman–Crippen MR) is 100 cm³/mol. The molecule has 0 saturated carbocycles. The molecule has 6 nitrogen and oxygen atoms in total. The molecule has 0 unspecified atom stereocenters. The van der Waals surface area contributed by atoms with Gasteiger partial charge in [-0.05, 0) is 43.2 Å². The summed E-state index contributed by atoms with van der Waals surface area (Å²) in [6, 6.07) is 16.3. The van der Waals surface area contributed by atoms with E-state index in [1.807, 2.05) is 6.07 Å². The molecule has 0 N–H and O–H groups in total. The number of hydrogen-bond donors (Lipinski definition) is 0. The summed E-state index contributed by atoms with van der Waals surface area (Å²) >= 11 is 0. The maximum Gasteiger partial charge on any atom is 0.331 e. The van der Waals surface area contributed by atoms with E-state index in [0.717, 1.165) is 0 Å². The molecule has 0 aliphatic carbocycles. The van der Waals surface area contributed by atoms with Crippen molar-refractivity contribution in [2.45, 2.75) is 23.7 Å². The van der Waals surface area contributed by atoms with Gasteiger partial charge in [0.05, 0.1) is 30.4 Å². The number of nitriles is 1. The van der Waals surface area contributed by atoms with Gasteiger partial charge in [0.2, 0.25) is 0 Å². The van der Waals surface area contributed by atoms with Crippen LogP contribution < -0.4 is 4.74 Å². The lowest BCUT2D eigenvalue weighted by molar-refractivity contribution is -0.148. The van der Waals surface area contributed by atoms with E-state index >= 15 is 0 Å². The van der Waals surface area contributed by atoms with Crippen LogP contribution in [0.1, 0.15) is 18.9 Å². The predicted octanol–water partition coefficient (Wildman–Crippen LogP) is 2.88. The topological polar surface area (TPSA) is 93.5 Å². The van der Waals surface area contributed by atoms with Crippen molar-refractivity contribution in [2.24, 2.45) is 0 Å². The molecule has 0 heterocycles. The first-order valence-electron chi connectivity index (χ1n) is 8.40. The number of ether oxygens (including phenoxy) is 2. The van der Waals surface area contributed by atoms with Crippen LogP contribution in [-0.4, -0.2) is 33.9 Å². The van der Waals surface area contributed by atoms with E-state index in [1.165, 1.54) is 19.2 Å². The van der Waals surface area contributed by atoms with E-state index in [9.17, 15) is 18.5 Å². The summed E-state index contributed by atoms with van der Waals surface area (Å²) in [6.45, 7) is 1.72. The molecule has 0 spiro atoms. The van der Waals surface area contributed by atoms with Crippen LogP contribution in [0.3, 0.4) is 0 Å². The van der Waals surface area contributed by atoms with E-state index in [2.05, 4.69) is 0 Å². The van der Waals surface area contributed by atoms with Crippen LogP contribution in [0.15, 0.2) is 59.5 Å². The summed E-state index contributed by atoms with van der Waals surface area (Å²) in [5.41, 5.74) is -1.35. The lowest BCUT2D eigenvalue weighted by Gasteiger charge is -2.25. The second-order valence-electron chi connectivity index (χ2n) is 5.85. The zero-order valence-corrected chi connectivity index (χ0v) is 16.0. The van der Waals surface area contributed by atoms with Gasteiger partial charge in [-0.25, -0.2) is 13.2 Å². The van der Waals surface area contributed by atoms with Crippen molar-refractivity contribution in [3.63, 3.8) is 0 Å². The number of sulfone groups is 1. The molecule has 0 amide bonds. The second kappa shape index (κ2) is 8.69. The number of carbonyl (C=O) groups excluding carboxylic acids is 1. The van der Waals surface area contributed by atoms with Crippen molar-refractivity contribution in [2.75, 3.05) is 19.5 Å². The average molecular weight is 387 g/mol. The van der Waals surface area contributed by atoms with Gasteiger partial charge in [0, 0.05) is 0 Å². The smallest absolute Gasteiger partial charge is 0.331 e. The first-order valence-corrected chi connectivity index (χ1v) is 10.1. The third-order valence-electron chi connectivity index (χ3n) is 4.25. The van der Waals surface area contributed by atoms with Crippen LogP contribution in [0.4, 0.5) is 0 Å². The first kappa shape index (κ1) is 20.5. The fourth-order valence-corrected chi connectivity index (χ4v) is 4.08. The van der Waals surface area contributed by atoms with Crippen LogP contribution in [0.25, 0.3) is 0 Å². The van der Waals surface area contributed by atoms with Crippen molar-refractivity contribution < 1.29 is 22.7 Å². The standard InChI is InChI=1S/C20H21NO5S/c1-3-26-19(22)20(15-21,16-9-11-17(25-2)12-10-16)13-14-27(23,24)18-7-5-4-6-8-18/h4-12H,3,13-14H2,1-2H3/t20-/m1/s1. The van der Waals surface area contributed by atoms with Gasteiger partial charge in [0.1, 0.15) is 5.75 Å². The minimum absolute atomic E-state index is 0.0872. The maximum atomic E-state index is 12.6. The second-order valence-corrected chi connectivity index (χ2v) is 7.96. The van der Waals surface area contributed by atoms with E-state index in [-0.39, 0.29) is 23.7 Å². The van der Waals surface area contributed by atoms with Crippen molar-refractivity contribution >= 4 is 15.8 Å². The van der Waals surface area contributed by atoms with Crippen LogP contribution in [0, 0.1) is 11.3 Å². The molecule has 0 bridgehead atoms. The van der Waals surface area contributed by atoms with Crippen molar-refractivity contribution in [1.29, 1.82) is 5.26 Å². The zero-order chi connectivity index (χ0) is 19.9. The average Bonchev–Trinajstić information content (AvgIpc) is 2.70. The molecule has 2 rings (SSSR count). The van der Waals surface area contributed by atoms with E-state index in [0.29, 0.717) is 11.3 Å². The Balaban J connectivity index is 2.40. The van der Waals surface area contributed by atoms with Gasteiger partial charge < -0.3 is 9.47 Å². The maximum absolute atomic E-state index is 12.6. The summed E-state index contributed by atoms with van der Waals surface area (Å²) in [6.07, 6.45) is -0.216. The Kier molecular flexibility index (Phi) is 6.59. The Morgan fingerprint density at radius 3 is 2.26 bits per heavy atom. The summed E-state index contributed by atoms with van der Waals surface area (Å²) in [5.74, 6) is -0.567. The number of carbonyl (C=O) groups is 1. The Morgan fingerprint density at radius 2 is 1.74 bits per heavy atom. The van der Waals surface area contributed by atoms with Crippen molar-refractivity contribution in [1.82, 2.24) is 0 Å². The summed E-state index contributed by atoms with van der Waals surface area (Å²) in [7, 11) is -2.15.